The van der Waals surface area contributed by atoms with Gasteiger partial charge in [-0.1, -0.05) is 26.0 Å². The minimum absolute atomic E-state index is 0.483. The number of aliphatic imine (C=N–C) groups is 1. The molecule has 0 amide bonds. The molecule has 29 heavy (non-hydrogen) atoms. The molecule has 1 heterocycles. The van der Waals surface area contributed by atoms with Crippen LogP contribution in [-0.4, -0.2) is 75.2 Å². The van der Waals surface area contributed by atoms with E-state index in [2.05, 4.69) is 78.4 Å². The number of hydrogen-bond donors (Lipinski definition) is 2. The monoisotopic (exact) mass is 403 g/mol. The van der Waals surface area contributed by atoms with Gasteiger partial charge in [-0.05, 0) is 44.9 Å². The van der Waals surface area contributed by atoms with Crippen LogP contribution in [0.15, 0.2) is 23.2 Å². The van der Waals surface area contributed by atoms with Crippen LogP contribution in [0.5, 0.6) is 5.75 Å². The molecule has 1 aromatic carbocycles. The molecule has 1 aliphatic rings. The highest BCUT2D eigenvalue weighted by molar-refractivity contribution is 5.79. The normalized spacial score (nSPS) is 17.4. The third-order valence-electron chi connectivity index (χ3n) is 5.57. The van der Waals surface area contributed by atoms with Crippen molar-refractivity contribution in [3.8, 4) is 5.75 Å². The Morgan fingerprint density at radius 3 is 2.52 bits per heavy atom. The van der Waals surface area contributed by atoms with Crippen LogP contribution in [0.3, 0.4) is 0 Å². The van der Waals surface area contributed by atoms with Gasteiger partial charge in [-0.15, -0.1) is 0 Å². The third kappa shape index (κ3) is 8.23. The first kappa shape index (κ1) is 23.5. The van der Waals surface area contributed by atoms with Gasteiger partial charge in [0.15, 0.2) is 5.96 Å². The standard InChI is InChI=1S/C23H41N5O/c1-18(2)9-14-29-22-15-19(3)7-8-21(22)17-26-23(24-5)25-16-20(4)28-12-10-27(6)11-13-28/h7-8,15,18,20H,9-14,16-17H2,1-6H3,(H2,24,25,26). The fourth-order valence-electron chi connectivity index (χ4n) is 3.38. The number of rotatable bonds is 9. The van der Waals surface area contributed by atoms with Crippen molar-refractivity contribution in [1.29, 1.82) is 0 Å². The van der Waals surface area contributed by atoms with Gasteiger partial charge in [0.1, 0.15) is 5.75 Å². The molecule has 1 unspecified atom stereocenters. The number of aryl methyl sites for hydroxylation is 1. The van der Waals surface area contributed by atoms with Crippen LogP contribution in [0, 0.1) is 12.8 Å². The Balaban J connectivity index is 1.83. The maximum atomic E-state index is 6.07. The molecule has 1 fully saturated rings. The molecule has 0 saturated carbocycles. The molecule has 6 heteroatoms. The summed E-state index contributed by atoms with van der Waals surface area (Å²) in [5.41, 5.74) is 2.38. The molecule has 6 nitrogen and oxygen atoms in total. The number of benzene rings is 1. The first-order chi connectivity index (χ1) is 13.9. The largest absolute Gasteiger partial charge is 0.493 e. The average molecular weight is 404 g/mol. The molecule has 1 atom stereocenters. The second kappa shape index (κ2) is 12.0. The lowest BCUT2D eigenvalue weighted by Crippen LogP contribution is -2.52. The molecule has 2 rings (SSSR count). The van der Waals surface area contributed by atoms with Gasteiger partial charge in [-0.3, -0.25) is 9.89 Å². The van der Waals surface area contributed by atoms with Crippen molar-refractivity contribution in [2.75, 3.05) is 53.4 Å². The molecule has 0 aromatic heterocycles. The van der Waals surface area contributed by atoms with Crippen LogP contribution in [0.2, 0.25) is 0 Å². The SMILES string of the molecule is CN=C(NCc1ccc(C)cc1OCCC(C)C)NCC(C)N1CCN(C)CC1. The van der Waals surface area contributed by atoms with E-state index in [-0.39, 0.29) is 0 Å². The maximum absolute atomic E-state index is 6.07. The van der Waals surface area contributed by atoms with Crippen LogP contribution in [0.1, 0.15) is 38.3 Å². The Morgan fingerprint density at radius 1 is 1.14 bits per heavy atom. The molecule has 0 spiro atoms. The number of likely N-dealkylation sites (N-methyl/N-ethyl adjacent to an activating group) is 1. The molecular weight excluding hydrogens is 362 g/mol. The molecule has 164 valence electrons. The lowest BCUT2D eigenvalue weighted by Gasteiger charge is -2.36. The number of nitrogens with one attached hydrogen (secondary N) is 2. The van der Waals surface area contributed by atoms with Gasteiger partial charge in [-0.2, -0.15) is 0 Å². The lowest BCUT2D eigenvalue weighted by molar-refractivity contribution is 0.120. The van der Waals surface area contributed by atoms with Crippen molar-refractivity contribution in [1.82, 2.24) is 20.4 Å². The van der Waals surface area contributed by atoms with E-state index in [0.717, 1.165) is 63.0 Å². The van der Waals surface area contributed by atoms with Gasteiger partial charge in [0.05, 0.1) is 6.61 Å². The summed E-state index contributed by atoms with van der Waals surface area (Å²) in [6.07, 6.45) is 1.06. The number of ether oxygens (including phenoxy) is 1. The minimum atomic E-state index is 0.483. The predicted molar refractivity (Wildman–Crippen MR) is 123 cm³/mol. The summed E-state index contributed by atoms with van der Waals surface area (Å²) >= 11 is 0. The van der Waals surface area contributed by atoms with Crippen LogP contribution in [0.25, 0.3) is 0 Å². The maximum Gasteiger partial charge on any atom is 0.191 e. The summed E-state index contributed by atoms with van der Waals surface area (Å²) in [5.74, 6) is 2.45. The van der Waals surface area contributed by atoms with E-state index < -0.39 is 0 Å². The Bertz CT molecular complexity index is 638. The zero-order valence-electron chi connectivity index (χ0n) is 19.3. The van der Waals surface area contributed by atoms with Crippen molar-refractivity contribution in [3.05, 3.63) is 29.3 Å². The Hall–Kier alpha value is -1.79. The summed E-state index contributed by atoms with van der Waals surface area (Å²) in [6.45, 7) is 15.7. The fraction of sp³-hybridized carbons (Fsp3) is 0.696. The van der Waals surface area contributed by atoms with Gasteiger partial charge in [-0.25, -0.2) is 0 Å². The van der Waals surface area contributed by atoms with Crippen LogP contribution >= 0.6 is 0 Å². The van der Waals surface area contributed by atoms with E-state index in [0.29, 0.717) is 18.5 Å². The van der Waals surface area contributed by atoms with E-state index >= 15 is 0 Å². The molecule has 0 radical (unpaired) electrons. The van der Waals surface area contributed by atoms with Gasteiger partial charge in [0.2, 0.25) is 0 Å². The van der Waals surface area contributed by atoms with Crippen LogP contribution < -0.4 is 15.4 Å². The van der Waals surface area contributed by atoms with Crippen LogP contribution in [0.4, 0.5) is 0 Å². The Kier molecular flexibility index (Phi) is 9.74. The van der Waals surface area contributed by atoms with Crippen LogP contribution in [-0.2, 0) is 6.54 Å². The second-order valence-electron chi connectivity index (χ2n) is 8.64. The van der Waals surface area contributed by atoms with E-state index in [1.807, 2.05) is 7.05 Å². The first-order valence-electron chi connectivity index (χ1n) is 11.0. The number of guanidine groups is 1. The van der Waals surface area contributed by atoms with Gasteiger partial charge in [0, 0.05) is 57.9 Å². The quantitative estimate of drug-likeness (QED) is 0.490. The number of nitrogens with zero attached hydrogens (tertiary/aromatic N) is 3. The van der Waals surface area contributed by atoms with Crippen molar-refractivity contribution < 1.29 is 4.74 Å². The van der Waals surface area contributed by atoms with E-state index in [4.69, 9.17) is 4.74 Å². The first-order valence-corrected chi connectivity index (χ1v) is 11.0. The summed E-state index contributed by atoms with van der Waals surface area (Å²) in [4.78, 5) is 9.32. The van der Waals surface area contributed by atoms with E-state index in [9.17, 15) is 0 Å². The molecule has 2 N–H and O–H groups in total. The third-order valence-corrected chi connectivity index (χ3v) is 5.57. The van der Waals surface area contributed by atoms with Crippen molar-refractivity contribution in [2.45, 2.75) is 46.7 Å². The summed E-state index contributed by atoms with van der Waals surface area (Å²) < 4.78 is 6.07. The van der Waals surface area contributed by atoms with Crippen molar-refractivity contribution >= 4 is 5.96 Å². The number of hydrogen-bond acceptors (Lipinski definition) is 4. The van der Waals surface area contributed by atoms with Crippen molar-refractivity contribution in [3.63, 3.8) is 0 Å². The van der Waals surface area contributed by atoms with E-state index in [1.165, 1.54) is 5.56 Å². The second-order valence-corrected chi connectivity index (χ2v) is 8.64. The molecule has 0 bridgehead atoms. The zero-order chi connectivity index (χ0) is 21.2. The van der Waals surface area contributed by atoms with Gasteiger partial charge >= 0.3 is 0 Å². The smallest absolute Gasteiger partial charge is 0.191 e. The predicted octanol–water partition coefficient (Wildman–Crippen LogP) is 2.72. The highest BCUT2D eigenvalue weighted by Crippen LogP contribution is 2.21. The fourth-order valence-corrected chi connectivity index (χ4v) is 3.38. The summed E-state index contributed by atoms with van der Waals surface area (Å²) in [6, 6.07) is 6.89. The van der Waals surface area contributed by atoms with Crippen molar-refractivity contribution in [2.24, 2.45) is 10.9 Å². The molecule has 1 aromatic rings. The highest BCUT2D eigenvalue weighted by Gasteiger charge is 2.19. The number of piperazine rings is 1. The summed E-state index contributed by atoms with van der Waals surface area (Å²) in [5, 5.41) is 6.92. The van der Waals surface area contributed by atoms with Gasteiger partial charge in [0.25, 0.3) is 0 Å². The minimum Gasteiger partial charge on any atom is -0.493 e. The van der Waals surface area contributed by atoms with E-state index in [1.54, 1.807) is 0 Å². The topological polar surface area (TPSA) is 52.1 Å². The average Bonchev–Trinajstić information content (AvgIpc) is 2.69. The molecule has 1 saturated heterocycles. The highest BCUT2D eigenvalue weighted by atomic mass is 16.5. The molecular formula is C23H41N5O. The Labute approximate surface area is 177 Å². The van der Waals surface area contributed by atoms with Gasteiger partial charge < -0.3 is 20.3 Å². The summed E-state index contributed by atoms with van der Waals surface area (Å²) in [7, 11) is 4.02. The zero-order valence-corrected chi connectivity index (χ0v) is 19.3. The Morgan fingerprint density at radius 2 is 1.86 bits per heavy atom. The molecule has 0 aliphatic carbocycles. The lowest BCUT2D eigenvalue weighted by atomic mass is 10.1. The molecule has 1 aliphatic heterocycles.